The van der Waals surface area contributed by atoms with Crippen molar-refractivity contribution in [3.63, 3.8) is 0 Å². The molecule has 3 fully saturated rings. The smallest absolute Gasteiger partial charge is 0.336 e. The molecule has 0 amide bonds. The second-order valence-corrected chi connectivity index (χ2v) is 12.9. The fourth-order valence-corrected chi connectivity index (χ4v) is 8.84. The van der Waals surface area contributed by atoms with Gasteiger partial charge in [-0.1, -0.05) is 50.6 Å². The lowest BCUT2D eigenvalue weighted by Crippen LogP contribution is -2.51. The van der Waals surface area contributed by atoms with Crippen LogP contribution in [0, 0.1) is 40.4 Å². The zero-order valence-electron chi connectivity index (χ0n) is 22.4. The number of hydrogen-bond acceptors (Lipinski definition) is 3. The van der Waals surface area contributed by atoms with Crippen molar-refractivity contribution < 1.29 is 14.6 Å². The van der Waals surface area contributed by atoms with E-state index < -0.39 is 5.97 Å². The van der Waals surface area contributed by atoms with Crippen molar-refractivity contribution in [3.05, 3.63) is 35.5 Å². The first-order valence-electron chi connectivity index (χ1n) is 13.9. The van der Waals surface area contributed by atoms with Gasteiger partial charge < -0.3 is 9.84 Å². The lowest BCUT2D eigenvalue weighted by Gasteiger charge is -2.58. The fourth-order valence-electron chi connectivity index (χ4n) is 8.84. The molecule has 1 N–H and O–H groups in total. The van der Waals surface area contributed by atoms with Gasteiger partial charge in [0.1, 0.15) is 6.10 Å². The van der Waals surface area contributed by atoms with E-state index in [0.717, 1.165) is 48.9 Å². The highest BCUT2D eigenvalue weighted by atomic mass is 16.5. The Hall–Kier alpha value is -1.35. The van der Waals surface area contributed by atoms with Crippen LogP contribution in [0.4, 0.5) is 0 Å². The molecule has 0 aromatic heterocycles. The summed E-state index contributed by atoms with van der Waals surface area (Å²) in [7, 11) is 0. The number of hydrogen-bond donors (Lipinski definition) is 1. The predicted octanol–water partition coefficient (Wildman–Crippen LogP) is 7.41. The normalized spacial score (nSPS) is 39.7. The zero-order chi connectivity index (χ0) is 24.7. The maximum Gasteiger partial charge on any atom is 0.336 e. The summed E-state index contributed by atoms with van der Waals surface area (Å²) in [6, 6.07) is 0. The minimum atomic E-state index is -0.436. The topological polar surface area (TPSA) is 46.5 Å². The second-order valence-electron chi connectivity index (χ2n) is 12.9. The molecule has 4 aliphatic rings. The molecule has 3 nitrogen and oxygen atoms in total. The Kier molecular flexibility index (Phi) is 7.54. The third kappa shape index (κ3) is 4.59. The molecule has 0 radical (unpaired) electrons. The first-order chi connectivity index (χ1) is 16.1. The molecule has 4 rings (SSSR count). The van der Waals surface area contributed by atoms with Crippen molar-refractivity contribution in [3.8, 4) is 0 Å². The molecule has 0 aromatic rings. The summed E-state index contributed by atoms with van der Waals surface area (Å²) in [5.41, 5.74) is 3.90. The van der Waals surface area contributed by atoms with Gasteiger partial charge >= 0.3 is 5.97 Å². The lowest BCUT2D eigenvalue weighted by molar-refractivity contribution is -0.147. The molecular weight excluding hydrogens is 420 g/mol. The molecule has 0 aromatic carbocycles. The SMILES string of the molecule is C=C(CO)C(=O)O[C@H]1CC[C@@]2(C)C(=CC[C@@H]3[C@@H]2CC[C@]2(C)C([C@H](C)CCC=C(C)C)CC[C@@H]32)C1. The van der Waals surface area contributed by atoms with Gasteiger partial charge in [-0.3, -0.25) is 0 Å². The Labute approximate surface area is 208 Å². The summed E-state index contributed by atoms with van der Waals surface area (Å²) in [5, 5.41) is 9.19. The van der Waals surface area contributed by atoms with Gasteiger partial charge in [-0.15, -0.1) is 0 Å². The van der Waals surface area contributed by atoms with Crippen LogP contribution in [0.1, 0.15) is 98.8 Å². The van der Waals surface area contributed by atoms with Crippen LogP contribution in [0.3, 0.4) is 0 Å². The van der Waals surface area contributed by atoms with Crippen molar-refractivity contribution in [2.75, 3.05) is 6.61 Å². The van der Waals surface area contributed by atoms with Crippen LogP contribution in [0.15, 0.2) is 35.5 Å². The van der Waals surface area contributed by atoms with Crippen molar-refractivity contribution in [1.29, 1.82) is 0 Å². The zero-order valence-corrected chi connectivity index (χ0v) is 22.4. The van der Waals surface area contributed by atoms with E-state index in [2.05, 4.69) is 53.3 Å². The third-order valence-electron chi connectivity index (χ3n) is 10.7. The molecule has 1 unspecified atom stereocenters. The summed E-state index contributed by atoms with van der Waals surface area (Å²) < 4.78 is 5.70. The van der Waals surface area contributed by atoms with Crippen LogP contribution in [0.5, 0.6) is 0 Å². The number of allylic oxidation sites excluding steroid dienone is 3. The van der Waals surface area contributed by atoms with Gasteiger partial charge in [0.15, 0.2) is 0 Å². The number of fused-ring (bicyclic) bond motifs is 5. The minimum absolute atomic E-state index is 0.0713. The Bertz CT molecular complexity index is 849. The molecule has 190 valence electrons. The van der Waals surface area contributed by atoms with Crippen molar-refractivity contribution in [2.24, 2.45) is 40.4 Å². The Balaban J connectivity index is 1.45. The van der Waals surface area contributed by atoms with Gasteiger partial charge in [0.2, 0.25) is 0 Å². The van der Waals surface area contributed by atoms with Gasteiger partial charge in [-0.25, -0.2) is 4.79 Å². The number of carbonyl (C=O) groups is 1. The number of ether oxygens (including phenoxy) is 1. The van der Waals surface area contributed by atoms with Gasteiger partial charge in [0.25, 0.3) is 0 Å². The highest BCUT2D eigenvalue weighted by Crippen LogP contribution is 2.67. The van der Waals surface area contributed by atoms with Crippen molar-refractivity contribution in [2.45, 2.75) is 105 Å². The number of aliphatic hydroxyl groups excluding tert-OH is 1. The number of rotatable bonds is 7. The van der Waals surface area contributed by atoms with Gasteiger partial charge in [-0.2, -0.15) is 0 Å². The number of carbonyl (C=O) groups excluding carboxylic acids is 1. The van der Waals surface area contributed by atoms with Crippen LogP contribution in [0.25, 0.3) is 0 Å². The standard InChI is InChI=1S/C31H48O3/c1-20(2)8-7-9-21(3)26-12-13-27-25-11-10-23-18-24(34-29(33)22(4)19-32)14-16-30(23,5)28(25)15-17-31(26,27)6/h8,10,21,24-28,32H,4,7,9,11-19H2,1-3,5-6H3/t21-,24+,25+,26?,27+,28+,30+,31-/m1/s1. The Morgan fingerprint density at radius 1 is 1.21 bits per heavy atom. The van der Waals surface area contributed by atoms with E-state index in [9.17, 15) is 9.90 Å². The minimum Gasteiger partial charge on any atom is -0.459 e. The van der Waals surface area contributed by atoms with Crippen LogP contribution >= 0.6 is 0 Å². The summed E-state index contributed by atoms with van der Waals surface area (Å²) in [6.07, 6.45) is 17.1. The van der Waals surface area contributed by atoms with Gasteiger partial charge in [0.05, 0.1) is 12.2 Å². The average Bonchev–Trinajstić information content (AvgIpc) is 3.15. The van der Waals surface area contributed by atoms with Crippen molar-refractivity contribution >= 4 is 5.97 Å². The second kappa shape index (κ2) is 9.96. The molecule has 3 saturated carbocycles. The van der Waals surface area contributed by atoms with E-state index in [1.54, 1.807) is 0 Å². The summed E-state index contributed by atoms with van der Waals surface area (Å²) in [4.78, 5) is 12.2. The molecule has 0 heterocycles. The molecule has 8 atom stereocenters. The van der Waals surface area contributed by atoms with Crippen LogP contribution in [0.2, 0.25) is 0 Å². The van der Waals surface area contributed by atoms with E-state index in [0.29, 0.717) is 5.41 Å². The summed E-state index contributed by atoms with van der Waals surface area (Å²) in [5.74, 6) is 3.70. The van der Waals surface area contributed by atoms with E-state index in [1.165, 1.54) is 56.1 Å². The molecule has 3 heteroatoms. The Morgan fingerprint density at radius 2 is 1.97 bits per heavy atom. The van der Waals surface area contributed by atoms with Crippen LogP contribution < -0.4 is 0 Å². The summed E-state index contributed by atoms with van der Waals surface area (Å²) >= 11 is 0. The van der Waals surface area contributed by atoms with E-state index in [4.69, 9.17) is 4.74 Å². The summed E-state index contributed by atoms with van der Waals surface area (Å²) in [6.45, 7) is 15.4. The monoisotopic (exact) mass is 468 g/mol. The quantitative estimate of drug-likeness (QED) is 0.240. The molecule has 0 aliphatic heterocycles. The maximum absolute atomic E-state index is 12.2. The van der Waals surface area contributed by atoms with Crippen molar-refractivity contribution in [1.82, 2.24) is 0 Å². The molecule has 34 heavy (non-hydrogen) atoms. The molecule has 0 bridgehead atoms. The molecule has 0 spiro atoms. The third-order valence-corrected chi connectivity index (χ3v) is 10.7. The number of esters is 1. The average molecular weight is 469 g/mol. The van der Waals surface area contributed by atoms with E-state index >= 15 is 0 Å². The van der Waals surface area contributed by atoms with Gasteiger partial charge in [-0.05, 0) is 112 Å². The lowest BCUT2D eigenvalue weighted by atomic mass is 9.47. The fraction of sp³-hybridized carbons (Fsp3) is 0.774. The van der Waals surface area contributed by atoms with E-state index in [-0.39, 0.29) is 23.7 Å². The first kappa shape index (κ1) is 25.7. The van der Waals surface area contributed by atoms with Crippen LogP contribution in [-0.2, 0) is 9.53 Å². The number of aliphatic hydroxyl groups is 1. The first-order valence-corrected chi connectivity index (χ1v) is 13.9. The largest absolute Gasteiger partial charge is 0.459 e. The highest BCUT2D eigenvalue weighted by Gasteiger charge is 2.59. The van der Waals surface area contributed by atoms with Gasteiger partial charge in [0, 0.05) is 6.42 Å². The molecular formula is C31H48O3. The molecule has 0 saturated heterocycles. The molecule has 4 aliphatic carbocycles. The predicted molar refractivity (Wildman–Crippen MR) is 139 cm³/mol. The maximum atomic E-state index is 12.2. The highest BCUT2D eigenvalue weighted by molar-refractivity contribution is 5.88. The van der Waals surface area contributed by atoms with E-state index in [1.807, 2.05) is 0 Å². The van der Waals surface area contributed by atoms with Crippen LogP contribution in [-0.4, -0.2) is 23.8 Å². The Morgan fingerprint density at radius 3 is 2.68 bits per heavy atom.